The molecule has 30 heavy (non-hydrogen) atoms. The van der Waals surface area contributed by atoms with Crippen molar-refractivity contribution in [2.75, 3.05) is 5.08 Å². The number of hydrogen-bond donors (Lipinski definition) is 0. The maximum Gasteiger partial charge on any atom is 0.255 e. The van der Waals surface area contributed by atoms with E-state index in [1.54, 1.807) is 25.3 Å². The molecule has 0 saturated heterocycles. The smallest absolute Gasteiger partial charge is 0.255 e. The lowest BCUT2D eigenvalue weighted by Crippen LogP contribution is -2.33. The molecular formula is C18H18N6O3S3. The average Bonchev–Trinajstić information content (AvgIpc) is 2.64. The van der Waals surface area contributed by atoms with Gasteiger partial charge in [0.15, 0.2) is 15.5 Å². The zero-order chi connectivity index (χ0) is 21.4. The van der Waals surface area contributed by atoms with Crippen LogP contribution in [0.2, 0.25) is 0 Å². The van der Waals surface area contributed by atoms with Crippen LogP contribution in [0.5, 0.6) is 0 Å². The molecule has 0 atom stereocenters. The molecule has 0 fully saturated rings. The predicted octanol–water partition coefficient (Wildman–Crippen LogP) is 1.69. The Labute approximate surface area is 184 Å². The average molecular weight is 463 g/mol. The monoisotopic (exact) mass is 462 g/mol. The number of nitrogens with zero attached hydrogens (tertiary/aromatic N) is 6. The summed E-state index contributed by atoms with van der Waals surface area (Å²) in [5.74, 6) is 0.253. The Balaban J connectivity index is 1.91. The molecule has 0 spiro atoms. The van der Waals surface area contributed by atoms with Gasteiger partial charge < -0.3 is 0 Å². The van der Waals surface area contributed by atoms with Crippen LogP contribution in [0.15, 0.2) is 48.1 Å². The lowest BCUT2D eigenvalue weighted by Gasteiger charge is -2.18. The van der Waals surface area contributed by atoms with E-state index in [1.165, 1.54) is 62.6 Å². The van der Waals surface area contributed by atoms with Gasteiger partial charge in [-0.15, -0.1) is 0 Å². The van der Waals surface area contributed by atoms with E-state index in [0.717, 1.165) is 0 Å². The Kier molecular flexibility index (Phi) is 5.89. The maximum atomic E-state index is 12.7. The van der Waals surface area contributed by atoms with Gasteiger partial charge in [0.2, 0.25) is 0 Å². The minimum absolute atomic E-state index is 0.00145. The maximum absolute atomic E-state index is 12.7. The second kappa shape index (κ2) is 8.44. The molecule has 12 heteroatoms. The number of hydrogen-bond acceptors (Lipinski definition) is 9. The minimum Gasteiger partial charge on any atom is -0.277 e. The zero-order valence-electron chi connectivity index (χ0n) is 16.5. The van der Waals surface area contributed by atoms with Crippen LogP contribution in [0.3, 0.4) is 0 Å². The zero-order valence-corrected chi connectivity index (χ0v) is 18.9. The summed E-state index contributed by atoms with van der Waals surface area (Å²) in [7, 11) is 0. The lowest BCUT2D eigenvalue weighted by molar-refractivity contribution is 0.472. The molecule has 0 unspecified atom stereocenters. The van der Waals surface area contributed by atoms with E-state index in [4.69, 9.17) is 0 Å². The summed E-state index contributed by atoms with van der Waals surface area (Å²) in [5.41, 5.74) is 1.14. The van der Waals surface area contributed by atoms with Crippen LogP contribution >= 0.6 is 35.3 Å². The summed E-state index contributed by atoms with van der Waals surface area (Å²) in [6.45, 7) is 5.27. The molecule has 3 aromatic heterocycles. The molecule has 1 aliphatic heterocycles. The first-order valence-electron chi connectivity index (χ1n) is 8.95. The Morgan fingerprint density at radius 3 is 1.57 bits per heavy atom. The van der Waals surface area contributed by atoms with E-state index in [1.807, 2.05) is 0 Å². The van der Waals surface area contributed by atoms with Crippen molar-refractivity contribution in [3.05, 3.63) is 66.3 Å². The fraction of sp³-hybridized carbons (Fsp3) is 0.333. The van der Waals surface area contributed by atoms with E-state index < -0.39 is 0 Å². The summed E-state index contributed by atoms with van der Waals surface area (Å²) in [5, 5.41) is 2.00. The second-order valence-corrected chi connectivity index (χ2v) is 9.82. The van der Waals surface area contributed by atoms with Gasteiger partial charge in [0.25, 0.3) is 16.7 Å². The molecule has 156 valence electrons. The van der Waals surface area contributed by atoms with Crippen LogP contribution in [0.25, 0.3) is 0 Å². The first-order valence-corrected chi connectivity index (χ1v) is 11.9. The highest BCUT2D eigenvalue weighted by Gasteiger charge is 2.17. The molecule has 0 amide bonds. The summed E-state index contributed by atoms with van der Waals surface area (Å²) in [6.07, 6.45) is 0. The normalized spacial score (nSPS) is 14.1. The second-order valence-electron chi connectivity index (χ2n) is 6.66. The molecule has 0 N–H and O–H groups in total. The number of aromatic nitrogens is 6. The van der Waals surface area contributed by atoms with Crippen LogP contribution in [0.4, 0.5) is 0 Å². The highest BCUT2D eigenvalue weighted by atomic mass is 32.2. The molecule has 0 aliphatic carbocycles. The topological polar surface area (TPSA) is 105 Å². The first-order chi connectivity index (χ1) is 14.3. The van der Waals surface area contributed by atoms with Crippen molar-refractivity contribution in [3.63, 3.8) is 0 Å². The third-order valence-electron chi connectivity index (χ3n) is 4.29. The minimum atomic E-state index is -0.269. The molecule has 0 aromatic carbocycles. The third-order valence-corrected chi connectivity index (χ3v) is 7.33. The summed E-state index contributed by atoms with van der Waals surface area (Å²) in [6, 6.07) is 4.36. The van der Waals surface area contributed by atoms with Crippen LogP contribution in [0, 0.1) is 20.8 Å². The Hall–Kier alpha value is -2.31. The van der Waals surface area contributed by atoms with Crippen molar-refractivity contribution < 1.29 is 0 Å². The van der Waals surface area contributed by atoms with Gasteiger partial charge in [-0.3, -0.25) is 28.1 Å². The quantitative estimate of drug-likeness (QED) is 0.462. The Morgan fingerprint density at radius 1 is 0.667 bits per heavy atom. The Bertz CT molecular complexity index is 1310. The number of fused-ring (bicyclic) bond motifs is 3. The van der Waals surface area contributed by atoms with Gasteiger partial charge in [-0.2, -0.15) is 0 Å². The van der Waals surface area contributed by atoms with E-state index in [9.17, 15) is 14.4 Å². The molecule has 0 saturated carbocycles. The van der Waals surface area contributed by atoms with Crippen LogP contribution in [-0.4, -0.2) is 33.7 Å². The van der Waals surface area contributed by atoms with Crippen molar-refractivity contribution in [2.45, 2.75) is 48.8 Å². The lowest BCUT2D eigenvalue weighted by atomic mass is 10.4. The molecule has 3 aromatic rings. The van der Waals surface area contributed by atoms with Gasteiger partial charge in [0.05, 0.1) is 11.0 Å². The van der Waals surface area contributed by atoms with Gasteiger partial charge in [0, 0.05) is 35.3 Å². The van der Waals surface area contributed by atoms with Crippen LogP contribution < -0.4 is 16.7 Å². The summed E-state index contributed by atoms with van der Waals surface area (Å²) >= 11 is 4.03. The standard InChI is InChI=1S/C18H18N6O3S3/c1-10-4-13(25)22-7-23-14(26)5-11(2)20-17(23)29-9-30-18-21-12(3)6-15(27)24(18)8-28-16(22)19-10/h4-6H,7-9H2,1-3H3. The fourth-order valence-corrected chi connectivity index (χ4v) is 6.09. The molecule has 9 nitrogen and oxygen atoms in total. The van der Waals surface area contributed by atoms with Crippen molar-refractivity contribution >= 4 is 35.3 Å². The van der Waals surface area contributed by atoms with Crippen molar-refractivity contribution in [1.82, 2.24) is 28.7 Å². The number of aryl methyl sites for hydroxylation is 3. The van der Waals surface area contributed by atoms with Crippen molar-refractivity contribution in [3.8, 4) is 0 Å². The number of rotatable bonds is 0. The largest absolute Gasteiger partial charge is 0.277 e. The fourth-order valence-electron chi connectivity index (χ4n) is 2.89. The SMILES string of the molecule is Cc1cc(=O)n2c(n1)SCSc1nc(C)cc(=O)n1Cn1c(nc(C)cc1=O)SC2. The van der Waals surface area contributed by atoms with Gasteiger partial charge in [-0.05, 0) is 20.8 Å². The first kappa shape index (κ1) is 20.9. The number of thioether (sulfide) groups is 3. The van der Waals surface area contributed by atoms with Gasteiger partial charge in [-0.25, -0.2) is 15.0 Å². The Morgan fingerprint density at radius 2 is 1.07 bits per heavy atom. The molecule has 1 aliphatic rings. The van der Waals surface area contributed by atoms with Gasteiger partial charge in [-0.1, -0.05) is 35.3 Å². The summed E-state index contributed by atoms with van der Waals surface area (Å²) < 4.78 is 4.47. The van der Waals surface area contributed by atoms with Gasteiger partial charge in [0.1, 0.15) is 6.67 Å². The molecule has 0 radical (unpaired) electrons. The molecule has 4 heterocycles. The van der Waals surface area contributed by atoms with Crippen molar-refractivity contribution in [1.29, 1.82) is 0 Å². The highest BCUT2D eigenvalue weighted by Crippen LogP contribution is 2.27. The van der Waals surface area contributed by atoms with E-state index in [0.29, 0.717) is 37.6 Å². The van der Waals surface area contributed by atoms with E-state index in [-0.39, 0.29) is 29.2 Å². The van der Waals surface area contributed by atoms with Crippen LogP contribution in [-0.2, 0) is 12.5 Å². The van der Waals surface area contributed by atoms with E-state index in [2.05, 4.69) is 15.0 Å². The molecule has 0 bridgehead atoms. The van der Waals surface area contributed by atoms with E-state index >= 15 is 0 Å². The predicted molar refractivity (Wildman–Crippen MR) is 118 cm³/mol. The van der Waals surface area contributed by atoms with Crippen molar-refractivity contribution in [2.24, 2.45) is 0 Å². The molecular weight excluding hydrogens is 444 g/mol. The van der Waals surface area contributed by atoms with Crippen LogP contribution in [0.1, 0.15) is 17.1 Å². The molecule has 4 rings (SSSR count). The third kappa shape index (κ3) is 4.25. The van der Waals surface area contributed by atoms with Gasteiger partial charge >= 0.3 is 0 Å². The highest BCUT2D eigenvalue weighted by molar-refractivity contribution is 8.15. The summed E-state index contributed by atoms with van der Waals surface area (Å²) in [4.78, 5) is 51.5.